The fourth-order valence-corrected chi connectivity index (χ4v) is 4.30. The molecule has 164 valence electrons. The Hall–Kier alpha value is -3.87. The predicted octanol–water partition coefficient (Wildman–Crippen LogP) is 4.66. The SMILES string of the molecule is COc1cccc([C@H]2Oc3c(OC)cccc3[C@@H]3CC(c4cc(OC)ccc4O)=NN23)c1. The first-order chi connectivity index (χ1) is 15.6. The second kappa shape index (κ2) is 8.00. The van der Waals surface area contributed by atoms with E-state index in [1.807, 2.05) is 47.5 Å². The van der Waals surface area contributed by atoms with Crippen LogP contribution in [0.5, 0.6) is 28.7 Å². The van der Waals surface area contributed by atoms with Gasteiger partial charge in [0.05, 0.1) is 33.1 Å². The van der Waals surface area contributed by atoms with E-state index in [1.54, 1.807) is 39.5 Å². The molecule has 1 N–H and O–H groups in total. The Kier molecular flexibility index (Phi) is 5.01. The quantitative estimate of drug-likeness (QED) is 0.632. The molecule has 0 bridgehead atoms. The number of nitrogens with zero attached hydrogens (tertiary/aromatic N) is 2. The summed E-state index contributed by atoms with van der Waals surface area (Å²) in [4.78, 5) is 0. The smallest absolute Gasteiger partial charge is 0.214 e. The number of hydrazone groups is 1. The van der Waals surface area contributed by atoms with Crippen LogP contribution in [0.2, 0.25) is 0 Å². The maximum atomic E-state index is 10.5. The molecule has 0 saturated heterocycles. The van der Waals surface area contributed by atoms with Crippen molar-refractivity contribution >= 4 is 5.71 Å². The number of para-hydroxylation sites is 1. The average Bonchev–Trinajstić information content (AvgIpc) is 3.29. The van der Waals surface area contributed by atoms with E-state index in [0.717, 1.165) is 22.6 Å². The first kappa shape index (κ1) is 20.1. The highest BCUT2D eigenvalue weighted by molar-refractivity contribution is 6.04. The van der Waals surface area contributed by atoms with Crippen LogP contribution in [0.15, 0.2) is 65.8 Å². The van der Waals surface area contributed by atoms with Crippen molar-refractivity contribution in [2.75, 3.05) is 21.3 Å². The zero-order valence-electron chi connectivity index (χ0n) is 18.1. The fraction of sp³-hybridized carbons (Fsp3) is 0.240. The summed E-state index contributed by atoms with van der Waals surface area (Å²) in [6, 6.07) is 18.7. The molecule has 32 heavy (non-hydrogen) atoms. The van der Waals surface area contributed by atoms with E-state index in [-0.39, 0.29) is 11.8 Å². The van der Waals surface area contributed by atoms with Crippen molar-refractivity contribution in [1.82, 2.24) is 5.01 Å². The molecule has 0 aromatic heterocycles. The van der Waals surface area contributed by atoms with Gasteiger partial charge in [0.1, 0.15) is 17.2 Å². The topological polar surface area (TPSA) is 72.8 Å². The maximum Gasteiger partial charge on any atom is 0.214 e. The van der Waals surface area contributed by atoms with Gasteiger partial charge in [-0.2, -0.15) is 5.10 Å². The molecule has 0 amide bonds. The Balaban J connectivity index is 1.63. The van der Waals surface area contributed by atoms with Crippen LogP contribution < -0.4 is 18.9 Å². The van der Waals surface area contributed by atoms with Gasteiger partial charge in [-0.3, -0.25) is 0 Å². The third-order valence-electron chi connectivity index (χ3n) is 5.89. The van der Waals surface area contributed by atoms with Crippen molar-refractivity contribution in [2.45, 2.75) is 18.7 Å². The highest BCUT2D eigenvalue weighted by atomic mass is 16.5. The molecule has 0 fully saturated rings. The second-order valence-corrected chi connectivity index (χ2v) is 7.66. The van der Waals surface area contributed by atoms with E-state index in [2.05, 4.69) is 0 Å². The lowest BCUT2D eigenvalue weighted by molar-refractivity contribution is -0.0210. The number of rotatable bonds is 5. The molecule has 7 nitrogen and oxygen atoms in total. The van der Waals surface area contributed by atoms with Gasteiger partial charge in [-0.15, -0.1) is 0 Å². The molecule has 2 aliphatic rings. The minimum absolute atomic E-state index is 0.0781. The van der Waals surface area contributed by atoms with Crippen LogP contribution in [-0.2, 0) is 0 Å². The molecule has 2 aliphatic heterocycles. The lowest BCUT2D eigenvalue weighted by Gasteiger charge is -2.38. The number of benzene rings is 3. The molecule has 0 saturated carbocycles. The van der Waals surface area contributed by atoms with E-state index in [0.29, 0.717) is 29.2 Å². The number of phenols is 1. The van der Waals surface area contributed by atoms with Crippen LogP contribution in [0.25, 0.3) is 0 Å². The second-order valence-electron chi connectivity index (χ2n) is 7.66. The van der Waals surface area contributed by atoms with Crippen molar-refractivity contribution in [3.8, 4) is 28.7 Å². The van der Waals surface area contributed by atoms with Gasteiger partial charge in [0.15, 0.2) is 11.5 Å². The van der Waals surface area contributed by atoms with Crippen molar-refractivity contribution in [1.29, 1.82) is 0 Å². The fourth-order valence-electron chi connectivity index (χ4n) is 4.30. The molecule has 0 radical (unpaired) electrons. The Labute approximate surface area is 186 Å². The predicted molar refractivity (Wildman–Crippen MR) is 120 cm³/mol. The van der Waals surface area contributed by atoms with Crippen molar-refractivity contribution < 1.29 is 24.1 Å². The number of hydrogen-bond acceptors (Lipinski definition) is 7. The minimum atomic E-state index is -0.482. The van der Waals surface area contributed by atoms with Crippen LogP contribution in [0.3, 0.4) is 0 Å². The van der Waals surface area contributed by atoms with Crippen LogP contribution in [0, 0.1) is 0 Å². The van der Waals surface area contributed by atoms with Gasteiger partial charge in [-0.05, 0) is 36.4 Å². The summed E-state index contributed by atoms with van der Waals surface area (Å²) >= 11 is 0. The minimum Gasteiger partial charge on any atom is -0.507 e. The summed E-state index contributed by atoms with van der Waals surface area (Å²) in [6.07, 6.45) is 0.120. The molecule has 0 spiro atoms. The Bertz CT molecular complexity index is 1190. The Morgan fingerprint density at radius 1 is 0.938 bits per heavy atom. The van der Waals surface area contributed by atoms with Crippen LogP contribution in [0.4, 0.5) is 0 Å². The molecule has 0 aliphatic carbocycles. The molecule has 3 aromatic rings. The number of hydrogen-bond donors (Lipinski definition) is 1. The van der Waals surface area contributed by atoms with Crippen molar-refractivity contribution in [3.05, 3.63) is 77.4 Å². The first-order valence-electron chi connectivity index (χ1n) is 10.3. The Morgan fingerprint density at radius 2 is 1.72 bits per heavy atom. The van der Waals surface area contributed by atoms with Crippen molar-refractivity contribution in [3.63, 3.8) is 0 Å². The largest absolute Gasteiger partial charge is 0.507 e. The van der Waals surface area contributed by atoms with Gasteiger partial charge in [-0.25, -0.2) is 5.01 Å². The number of methoxy groups -OCH3 is 3. The van der Waals surface area contributed by atoms with Gasteiger partial charge < -0.3 is 24.1 Å². The monoisotopic (exact) mass is 432 g/mol. The number of fused-ring (bicyclic) bond motifs is 3. The lowest BCUT2D eigenvalue weighted by atomic mass is 9.95. The molecular formula is C25H24N2O5. The Morgan fingerprint density at radius 3 is 2.50 bits per heavy atom. The van der Waals surface area contributed by atoms with Gasteiger partial charge in [0.25, 0.3) is 0 Å². The van der Waals surface area contributed by atoms with E-state index < -0.39 is 6.23 Å². The summed E-state index contributed by atoms with van der Waals surface area (Å²) in [7, 11) is 4.88. The maximum absolute atomic E-state index is 10.5. The number of phenolic OH excluding ortho intramolecular Hbond substituents is 1. The summed E-state index contributed by atoms with van der Waals surface area (Å²) in [5.74, 6) is 2.94. The molecule has 2 heterocycles. The summed E-state index contributed by atoms with van der Waals surface area (Å²) in [5, 5.41) is 17.4. The lowest BCUT2D eigenvalue weighted by Crippen LogP contribution is -2.33. The zero-order chi connectivity index (χ0) is 22.2. The van der Waals surface area contributed by atoms with Gasteiger partial charge >= 0.3 is 0 Å². The van der Waals surface area contributed by atoms with E-state index >= 15 is 0 Å². The summed E-state index contributed by atoms with van der Waals surface area (Å²) in [5.41, 5.74) is 3.31. The molecule has 2 atom stereocenters. The zero-order valence-corrected chi connectivity index (χ0v) is 18.1. The third kappa shape index (κ3) is 3.26. The normalized spacial score (nSPS) is 18.8. The summed E-state index contributed by atoms with van der Waals surface area (Å²) < 4.78 is 22.8. The molecule has 0 unspecified atom stereocenters. The van der Waals surface area contributed by atoms with Crippen LogP contribution in [0.1, 0.15) is 35.4 Å². The van der Waals surface area contributed by atoms with Gasteiger partial charge in [0.2, 0.25) is 6.23 Å². The summed E-state index contributed by atoms with van der Waals surface area (Å²) in [6.45, 7) is 0. The number of aromatic hydroxyl groups is 1. The highest BCUT2D eigenvalue weighted by Gasteiger charge is 2.42. The number of ether oxygens (including phenoxy) is 4. The molecule has 3 aromatic carbocycles. The first-order valence-corrected chi connectivity index (χ1v) is 10.3. The van der Waals surface area contributed by atoms with E-state index in [4.69, 9.17) is 24.0 Å². The average molecular weight is 432 g/mol. The molecule has 7 heteroatoms. The van der Waals surface area contributed by atoms with Gasteiger partial charge in [-0.1, -0.05) is 24.3 Å². The van der Waals surface area contributed by atoms with E-state index in [1.165, 1.54) is 0 Å². The van der Waals surface area contributed by atoms with Crippen LogP contribution in [-0.4, -0.2) is 37.2 Å². The third-order valence-corrected chi connectivity index (χ3v) is 5.89. The standard InChI is InChI=1S/C25H24N2O5/c1-29-16-7-4-6-15(12-16)25-27-21(18-8-5-9-23(31-3)24(18)32-25)14-20(26-27)19-13-17(30-2)10-11-22(19)28/h4-13,21,25,28H,14H2,1-3H3/t21-,25+/m0/s1. The van der Waals surface area contributed by atoms with Crippen LogP contribution >= 0.6 is 0 Å². The van der Waals surface area contributed by atoms with Crippen molar-refractivity contribution in [2.24, 2.45) is 5.10 Å². The molecular weight excluding hydrogens is 408 g/mol. The molecule has 5 rings (SSSR count). The van der Waals surface area contributed by atoms with Gasteiger partial charge in [0, 0.05) is 23.1 Å². The highest BCUT2D eigenvalue weighted by Crippen LogP contribution is 2.51. The van der Waals surface area contributed by atoms with E-state index in [9.17, 15) is 5.11 Å².